The van der Waals surface area contributed by atoms with Crippen LogP contribution in [0.3, 0.4) is 0 Å². The summed E-state index contributed by atoms with van der Waals surface area (Å²) in [6.45, 7) is 0. The van der Waals surface area contributed by atoms with E-state index in [1.807, 2.05) is 0 Å². The van der Waals surface area contributed by atoms with Crippen molar-refractivity contribution in [2.75, 3.05) is 4.90 Å². The Labute approximate surface area is 277 Å². The van der Waals surface area contributed by atoms with Gasteiger partial charge in [-0.15, -0.1) is 0 Å². The van der Waals surface area contributed by atoms with Crippen LogP contribution in [0.15, 0.2) is 180 Å². The van der Waals surface area contributed by atoms with Gasteiger partial charge in [-0.1, -0.05) is 127 Å². The predicted molar refractivity (Wildman–Crippen MR) is 204 cm³/mol. The highest BCUT2D eigenvalue weighted by molar-refractivity contribution is 6.23. The molecule has 1 aromatic heterocycles. The van der Waals surface area contributed by atoms with E-state index in [0.717, 1.165) is 44.4 Å². The molecule has 0 aliphatic rings. The number of hydrogen-bond acceptors (Lipinski definition) is 2. The SMILES string of the molecule is c1ccc(N(c2ccc(-c3cc4ccc5ccccc5c4c4ccccc34)cc2)c2cccc3oc4c5ccccc5ccc4c23)cc1. The van der Waals surface area contributed by atoms with Gasteiger partial charge in [0, 0.05) is 22.1 Å². The molecule has 0 aliphatic heterocycles. The van der Waals surface area contributed by atoms with Gasteiger partial charge in [-0.05, 0) is 97.4 Å². The van der Waals surface area contributed by atoms with E-state index in [2.05, 4.69) is 181 Å². The summed E-state index contributed by atoms with van der Waals surface area (Å²) in [7, 11) is 0. The summed E-state index contributed by atoms with van der Waals surface area (Å²) in [5, 5.41) is 12.2. The number of hydrogen-bond donors (Lipinski definition) is 0. The largest absolute Gasteiger partial charge is 0.455 e. The third-order valence-corrected chi connectivity index (χ3v) is 9.80. The Morgan fingerprint density at radius 1 is 0.375 bits per heavy atom. The molecule has 0 saturated carbocycles. The molecule has 0 bridgehead atoms. The third-order valence-electron chi connectivity index (χ3n) is 9.80. The molecule has 2 heteroatoms. The molecule has 48 heavy (non-hydrogen) atoms. The van der Waals surface area contributed by atoms with Gasteiger partial charge in [0.1, 0.15) is 11.2 Å². The average molecular weight is 612 g/mol. The van der Waals surface area contributed by atoms with Crippen LogP contribution in [-0.2, 0) is 0 Å². The van der Waals surface area contributed by atoms with Crippen molar-refractivity contribution in [3.63, 3.8) is 0 Å². The van der Waals surface area contributed by atoms with E-state index < -0.39 is 0 Å². The second kappa shape index (κ2) is 10.6. The van der Waals surface area contributed by atoms with Gasteiger partial charge in [-0.3, -0.25) is 0 Å². The number of anilines is 3. The molecule has 0 radical (unpaired) electrons. The van der Waals surface area contributed by atoms with Gasteiger partial charge in [0.25, 0.3) is 0 Å². The lowest BCUT2D eigenvalue weighted by Crippen LogP contribution is -2.10. The first kappa shape index (κ1) is 26.8. The fourth-order valence-electron chi connectivity index (χ4n) is 7.63. The Balaban J connectivity index is 1.16. The summed E-state index contributed by atoms with van der Waals surface area (Å²) in [4.78, 5) is 2.35. The van der Waals surface area contributed by atoms with Crippen molar-refractivity contribution in [1.82, 2.24) is 0 Å². The summed E-state index contributed by atoms with van der Waals surface area (Å²) in [5.74, 6) is 0. The maximum Gasteiger partial charge on any atom is 0.143 e. The van der Waals surface area contributed by atoms with E-state index in [4.69, 9.17) is 4.42 Å². The number of para-hydroxylation sites is 1. The van der Waals surface area contributed by atoms with Gasteiger partial charge in [0.05, 0.1) is 11.1 Å². The molecule has 0 atom stereocenters. The molecular weight excluding hydrogens is 583 g/mol. The van der Waals surface area contributed by atoms with Crippen molar-refractivity contribution >= 4 is 82.1 Å². The van der Waals surface area contributed by atoms with E-state index >= 15 is 0 Å². The van der Waals surface area contributed by atoms with Crippen molar-refractivity contribution < 1.29 is 4.42 Å². The molecule has 1 heterocycles. The van der Waals surface area contributed by atoms with Crippen molar-refractivity contribution in [1.29, 1.82) is 0 Å². The highest BCUT2D eigenvalue weighted by Crippen LogP contribution is 2.45. The molecule has 0 saturated heterocycles. The number of furan rings is 1. The summed E-state index contributed by atoms with van der Waals surface area (Å²) in [5.41, 5.74) is 7.50. The lowest BCUT2D eigenvalue weighted by atomic mass is 9.90. The highest BCUT2D eigenvalue weighted by Gasteiger charge is 2.20. The summed E-state index contributed by atoms with van der Waals surface area (Å²) < 4.78 is 6.58. The lowest BCUT2D eigenvalue weighted by molar-refractivity contribution is 0.672. The fourth-order valence-corrected chi connectivity index (χ4v) is 7.63. The van der Waals surface area contributed by atoms with Crippen LogP contribution in [0.5, 0.6) is 0 Å². The second-order valence-corrected chi connectivity index (χ2v) is 12.5. The van der Waals surface area contributed by atoms with E-state index in [0.29, 0.717) is 0 Å². The summed E-state index contributed by atoms with van der Waals surface area (Å²) >= 11 is 0. The van der Waals surface area contributed by atoms with E-state index in [9.17, 15) is 0 Å². The van der Waals surface area contributed by atoms with Crippen LogP contribution in [0, 0.1) is 0 Å². The standard InChI is InChI=1S/C46H29NO/c1-2-13-34(14-3-1)47(42-19-10-20-43-45(42)40-28-25-31-12-5-7-16-37(31)46(40)48-43)35-26-23-32(24-27-35)41-29-33-22-21-30-11-4-6-15-36(30)44(33)39-18-9-8-17-38(39)41/h1-29H. The zero-order valence-corrected chi connectivity index (χ0v) is 26.1. The van der Waals surface area contributed by atoms with Crippen molar-refractivity contribution in [2.45, 2.75) is 0 Å². The van der Waals surface area contributed by atoms with Gasteiger partial charge >= 0.3 is 0 Å². The molecule has 9 aromatic carbocycles. The molecular formula is C46H29NO. The Bertz CT molecular complexity index is 2830. The number of benzene rings is 9. The van der Waals surface area contributed by atoms with Crippen LogP contribution in [0.1, 0.15) is 0 Å². The minimum Gasteiger partial charge on any atom is -0.455 e. The van der Waals surface area contributed by atoms with Gasteiger partial charge in [0.2, 0.25) is 0 Å². The molecule has 0 aliphatic carbocycles. The molecule has 0 N–H and O–H groups in total. The fraction of sp³-hybridized carbons (Fsp3) is 0. The van der Waals surface area contributed by atoms with Crippen LogP contribution in [0.2, 0.25) is 0 Å². The van der Waals surface area contributed by atoms with Crippen LogP contribution in [0.25, 0.3) is 76.2 Å². The molecule has 0 unspecified atom stereocenters. The lowest BCUT2D eigenvalue weighted by Gasteiger charge is -2.26. The maximum atomic E-state index is 6.58. The summed E-state index contributed by atoms with van der Waals surface area (Å²) in [6.07, 6.45) is 0. The number of rotatable bonds is 4. The van der Waals surface area contributed by atoms with Crippen LogP contribution < -0.4 is 4.90 Å². The minimum absolute atomic E-state index is 0.881. The first-order valence-corrected chi connectivity index (χ1v) is 16.4. The molecule has 10 aromatic rings. The zero-order chi connectivity index (χ0) is 31.6. The normalized spacial score (nSPS) is 11.8. The first-order valence-electron chi connectivity index (χ1n) is 16.4. The number of fused-ring (bicyclic) bond motifs is 10. The van der Waals surface area contributed by atoms with E-state index in [1.165, 1.54) is 48.8 Å². The molecule has 224 valence electrons. The van der Waals surface area contributed by atoms with Gasteiger partial charge in [0.15, 0.2) is 0 Å². The van der Waals surface area contributed by atoms with E-state index in [1.54, 1.807) is 0 Å². The molecule has 2 nitrogen and oxygen atoms in total. The second-order valence-electron chi connectivity index (χ2n) is 12.5. The third kappa shape index (κ3) is 4.06. The molecule has 0 spiro atoms. The minimum atomic E-state index is 0.881. The zero-order valence-electron chi connectivity index (χ0n) is 26.1. The summed E-state index contributed by atoms with van der Waals surface area (Å²) in [6, 6.07) is 63.2. The van der Waals surface area contributed by atoms with Crippen LogP contribution >= 0.6 is 0 Å². The Morgan fingerprint density at radius 3 is 1.81 bits per heavy atom. The Morgan fingerprint density at radius 2 is 1.00 bits per heavy atom. The topological polar surface area (TPSA) is 16.4 Å². The molecule has 0 fully saturated rings. The Hall–Kier alpha value is -6.38. The van der Waals surface area contributed by atoms with Crippen molar-refractivity contribution in [3.8, 4) is 11.1 Å². The van der Waals surface area contributed by atoms with Crippen LogP contribution in [-0.4, -0.2) is 0 Å². The van der Waals surface area contributed by atoms with Gasteiger partial charge in [-0.25, -0.2) is 0 Å². The predicted octanol–water partition coefficient (Wildman–Crippen LogP) is 13.3. The van der Waals surface area contributed by atoms with Gasteiger partial charge in [-0.2, -0.15) is 0 Å². The molecule has 10 rings (SSSR count). The Kier molecular flexibility index (Phi) is 5.91. The highest BCUT2D eigenvalue weighted by atomic mass is 16.3. The van der Waals surface area contributed by atoms with Crippen molar-refractivity contribution in [2.24, 2.45) is 0 Å². The maximum absolute atomic E-state index is 6.58. The van der Waals surface area contributed by atoms with Crippen molar-refractivity contribution in [3.05, 3.63) is 176 Å². The van der Waals surface area contributed by atoms with Gasteiger partial charge < -0.3 is 9.32 Å². The quantitative estimate of drug-likeness (QED) is 0.184. The smallest absolute Gasteiger partial charge is 0.143 e. The van der Waals surface area contributed by atoms with Crippen LogP contribution in [0.4, 0.5) is 17.1 Å². The molecule has 0 amide bonds. The average Bonchev–Trinajstić information content (AvgIpc) is 3.55. The van der Waals surface area contributed by atoms with E-state index in [-0.39, 0.29) is 0 Å². The number of nitrogens with zero attached hydrogens (tertiary/aromatic N) is 1. The first-order chi connectivity index (χ1) is 23.8. The monoisotopic (exact) mass is 611 g/mol.